The van der Waals surface area contributed by atoms with E-state index in [1.54, 1.807) is 14.0 Å². The number of anilines is 1. The highest BCUT2D eigenvalue weighted by molar-refractivity contribution is 5.93. The Morgan fingerprint density at radius 1 is 1.40 bits per heavy atom. The van der Waals surface area contributed by atoms with Crippen LogP contribution in [0.3, 0.4) is 0 Å². The van der Waals surface area contributed by atoms with E-state index in [-0.39, 0.29) is 24.2 Å². The van der Waals surface area contributed by atoms with Crippen molar-refractivity contribution in [2.24, 2.45) is 11.7 Å². The predicted octanol–water partition coefficient (Wildman–Crippen LogP) is 1.98. The molecule has 5 nitrogen and oxygen atoms in total. The van der Waals surface area contributed by atoms with Crippen LogP contribution >= 0.6 is 12.4 Å². The maximum atomic E-state index is 11.8. The van der Waals surface area contributed by atoms with Crippen LogP contribution in [0, 0.1) is 12.8 Å². The first kappa shape index (κ1) is 18.7. The first-order chi connectivity index (χ1) is 9.08. The van der Waals surface area contributed by atoms with Crippen LogP contribution in [0.2, 0.25) is 0 Å². The van der Waals surface area contributed by atoms with E-state index < -0.39 is 0 Å². The number of hydrogen-bond donors (Lipinski definition) is 2. The molecule has 0 aliphatic carbocycles. The number of aryl methyl sites for hydroxylation is 1. The van der Waals surface area contributed by atoms with Gasteiger partial charge in [0, 0.05) is 25.3 Å². The topological polar surface area (TPSA) is 73.6 Å². The van der Waals surface area contributed by atoms with Crippen LogP contribution in [0.1, 0.15) is 12.5 Å². The summed E-state index contributed by atoms with van der Waals surface area (Å²) in [6.45, 7) is 5.11. The van der Waals surface area contributed by atoms with Gasteiger partial charge in [0.25, 0.3) is 0 Å². The molecule has 6 heteroatoms. The quantitative estimate of drug-likeness (QED) is 0.755. The molecule has 1 unspecified atom stereocenters. The fourth-order valence-electron chi connectivity index (χ4n) is 1.47. The summed E-state index contributed by atoms with van der Waals surface area (Å²) in [7, 11) is 1.63. The SMILES string of the molecule is COCCOc1ccc(NC(=O)C(C)CN)c(C)c1.Cl. The van der Waals surface area contributed by atoms with Crippen molar-refractivity contribution in [3.63, 3.8) is 0 Å². The molecular weight excluding hydrogens is 280 g/mol. The Hall–Kier alpha value is -1.30. The van der Waals surface area contributed by atoms with E-state index in [9.17, 15) is 4.79 Å². The molecule has 0 spiro atoms. The molecule has 0 saturated heterocycles. The Balaban J connectivity index is 0.00000361. The molecule has 0 aromatic heterocycles. The Labute approximate surface area is 126 Å². The average Bonchev–Trinajstić information content (AvgIpc) is 2.41. The Bertz CT molecular complexity index is 427. The number of carbonyl (C=O) groups excluding carboxylic acids is 1. The van der Waals surface area contributed by atoms with Crippen LogP contribution in [0.5, 0.6) is 5.75 Å². The lowest BCUT2D eigenvalue weighted by Crippen LogP contribution is -2.26. The highest BCUT2D eigenvalue weighted by Crippen LogP contribution is 2.21. The van der Waals surface area contributed by atoms with Gasteiger partial charge in [0.15, 0.2) is 0 Å². The molecule has 20 heavy (non-hydrogen) atoms. The van der Waals surface area contributed by atoms with Gasteiger partial charge in [0.05, 0.1) is 6.61 Å². The zero-order valence-corrected chi connectivity index (χ0v) is 13.0. The standard InChI is InChI=1S/C14H22N2O3.ClH/c1-10-8-12(19-7-6-18-3)4-5-13(10)16-14(17)11(2)9-15;/h4-5,8,11H,6-7,9,15H2,1-3H3,(H,16,17);1H. The summed E-state index contributed by atoms with van der Waals surface area (Å²) in [4.78, 5) is 11.8. The number of amides is 1. The van der Waals surface area contributed by atoms with Crippen LogP contribution in [0.15, 0.2) is 18.2 Å². The summed E-state index contributed by atoms with van der Waals surface area (Å²) >= 11 is 0. The summed E-state index contributed by atoms with van der Waals surface area (Å²) in [5.74, 6) is 0.495. The molecule has 0 bridgehead atoms. The first-order valence-electron chi connectivity index (χ1n) is 6.31. The Morgan fingerprint density at radius 3 is 2.65 bits per heavy atom. The van der Waals surface area contributed by atoms with Crippen LogP contribution in [0.4, 0.5) is 5.69 Å². The molecule has 1 amide bonds. The van der Waals surface area contributed by atoms with Crippen LogP contribution in [-0.2, 0) is 9.53 Å². The van der Waals surface area contributed by atoms with Crippen LogP contribution < -0.4 is 15.8 Å². The number of hydrogen-bond acceptors (Lipinski definition) is 4. The molecule has 0 fully saturated rings. The summed E-state index contributed by atoms with van der Waals surface area (Å²) in [5, 5.41) is 2.86. The minimum absolute atomic E-state index is 0. The van der Waals surface area contributed by atoms with Crippen molar-refractivity contribution in [1.29, 1.82) is 0 Å². The number of carbonyl (C=O) groups is 1. The number of ether oxygens (including phenoxy) is 2. The molecular formula is C14H23ClN2O3. The molecule has 1 aromatic rings. The Morgan fingerprint density at radius 2 is 2.10 bits per heavy atom. The normalized spacial score (nSPS) is 11.4. The van der Waals surface area contributed by atoms with Gasteiger partial charge in [-0.25, -0.2) is 0 Å². The van der Waals surface area contributed by atoms with E-state index in [0.29, 0.717) is 19.8 Å². The first-order valence-corrected chi connectivity index (χ1v) is 6.31. The smallest absolute Gasteiger partial charge is 0.228 e. The fourth-order valence-corrected chi connectivity index (χ4v) is 1.47. The zero-order chi connectivity index (χ0) is 14.3. The highest BCUT2D eigenvalue weighted by Gasteiger charge is 2.12. The third-order valence-corrected chi connectivity index (χ3v) is 2.81. The van der Waals surface area contributed by atoms with Gasteiger partial charge in [-0.2, -0.15) is 0 Å². The Kier molecular flexibility index (Phi) is 8.96. The molecule has 3 N–H and O–H groups in total. The van der Waals surface area contributed by atoms with E-state index in [2.05, 4.69) is 5.32 Å². The number of nitrogens with two attached hydrogens (primary N) is 1. The molecule has 1 atom stereocenters. The van der Waals surface area contributed by atoms with E-state index in [1.807, 2.05) is 25.1 Å². The minimum Gasteiger partial charge on any atom is -0.491 e. The maximum absolute atomic E-state index is 11.8. The summed E-state index contributed by atoms with van der Waals surface area (Å²) in [6.07, 6.45) is 0. The van der Waals surface area contributed by atoms with Gasteiger partial charge >= 0.3 is 0 Å². The van der Waals surface area contributed by atoms with Crippen molar-refractivity contribution in [2.75, 3.05) is 32.2 Å². The van der Waals surface area contributed by atoms with E-state index in [1.165, 1.54) is 0 Å². The number of methoxy groups -OCH3 is 1. The van der Waals surface area contributed by atoms with Gasteiger partial charge in [-0.3, -0.25) is 4.79 Å². The van der Waals surface area contributed by atoms with Crippen LogP contribution in [-0.4, -0.2) is 32.8 Å². The van der Waals surface area contributed by atoms with E-state index >= 15 is 0 Å². The van der Waals surface area contributed by atoms with Gasteiger partial charge in [0.1, 0.15) is 12.4 Å². The second-order valence-electron chi connectivity index (χ2n) is 4.44. The predicted molar refractivity (Wildman–Crippen MR) is 82.6 cm³/mol. The van der Waals surface area contributed by atoms with E-state index in [0.717, 1.165) is 17.0 Å². The number of nitrogens with one attached hydrogen (secondary N) is 1. The van der Waals surface area contributed by atoms with Crippen LogP contribution in [0.25, 0.3) is 0 Å². The number of halogens is 1. The highest BCUT2D eigenvalue weighted by atomic mass is 35.5. The lowest BCUT2D eigenvalue weighted by Gasteiger charge is -2.13. The second kappa shape index (κ2) is 9.58. The number of rotatable bonds is 7. The zero-order valence-electron chi connectivity index (χ0n) is 12.1. The van der Waals surface area contributed by atoms with Crippen molar-refractivity contribution in [3.8, 4) is 5.75 Å². The van der Waals surface area contributed by atoms with E-state index in [4.69, 9.17) is 15.2 Å². The molecule has 0 heterocycles. The lowest BCUT2D eigenvalue weighted by atomic mass is 10.1. The monoisotopic (exact) mass is 302 g/mol. The van der Waals surface area contributed by atoms with Gasteiger partial charge in [0.2, 0.25) is 5.91 Å². The molecule has 114 valence electrons. The maximum Gasteiger partial charge on any atom is 0.228 e. The summed E-state index contributed by atoms with van der Waals surface area (Å²) in [6, 6.07) is 5.54. The van der Waals surface area contributed by atoms with Crippen molar-refractivity contribution >= 4 is 24.0 Å². The van der Waals surface area contributed by atoms with Gasteiger partial charge in [-0.05, 0) is 30.7 Å². The summed E-state index contributed by atoms with van der Waals surface area (Å²) in [5.41, 5.74) is 7.20. The van der Waals surface area contributed by atoms with Gasteiger partial charge in [-0.1, -0.05) is 6.92 Å². The second-order valence-corrected chi connectivity index (χ2v) is 4.44. The largest absolute Gasteiger partial charge is 0.491 e. The molecule has 1 aromatic carbocycles. The van der Waals surface area contributed by atoms with Gasteiger partial charge < -0.3 is 20.5 Å². The molecule has 0 aliphatic rings. The van der Waals surface area contributed by atoms with Crippen molar-refractivity contribution < 1.29 is 14.3 Å². The molecule has 0 aliphatic heterocycles. The lowest BCUT2D eigenvalue weighted by molar-refractivity contribution is -0.119. The molecule has 0 radical (unpaired) electrons. The van der Waals surface area contributed by atoms with Crippen molar-refractivity contribution in [2.45, 2.75) is 13.8 Å². The van der Waals surface area contributed by atoms with Gasteiger partial charge in [-0.15, -0.1) is 12.4 Å². The minimum atomic E-state index is -0.197. The third kappa shape index (κ3) is 5.77. The average molecular weight is 303 g/mol. The van der Waals surface area contributed by atoms with Crippen molar-refractivity contribution in [1.82, 2.24) is 0 Å². The van der Waals surface area contributed by atoms with Crippen molar-refractivity contribution in [3.05, 3.63) is 23.8 Å². The fraction of sp³-hybridized carbons (Fsp3) is 0.500. The number of benzene rings is 1. The third-order valence-electron chi connectivity index (χ3n) is 2.81. The molecule has 1 rings (SSSR count). The molecule has 0 saturated carbocycles. The summed E-state index contributed by atoms with van der Waals surface area (Å²) < 4.78 is 10.4.